The van der Waals surface area contributed by atoms with E-state index < -0.39 is 0 Å². The molecule has 0 radical (unpaired) electrons. The molecule has 0 fully saturated rings. The molecule has 0 bridgehead atoms. The van der Waals surface area contributed by atoms with Gasteiger partial charge in [-0.25, -0.2) is 0 Å². The molecule has 1 nitrogen and oxygen atoms in total. The Morgan fingerprint density at radius 2 is 1.91 bits per heavy atom. The Balaban J connectivity index is -0.000000213. The molecular weight excluding hydrogens is 364 g/mol. The summed E-state index contributed by atoms with van der Waals surface area (Å²) in [7, 11) is 0. The van der Waals surface area contributed by atoms with Crippen LogP contribution < -0.4 is 0 Å². The molecule has 0 saturated heterocycles. The van der Waals surface area contributed by atoms with Gasteiger partial charge in [-0.3, -0.25) is 5.26 Å². The monoisotopic (exact) mass is 369 g/mol. The number of nitriles is 1. The summed E-state index contributed by atoms with van der Waals surface area (Å²) in [6, 6.07) is 11.8. The Labute approximate surface area is 92.9 Å². The van der Waals surface area contributed by atoms with E-state index in [1.807, 2.05) is 18.2 Å². The summed E-state index contributed by atoms with van der Waals surface area (Å²) in [6.07, 6.45) is 0. The smallest absolute Gasteiger partial charge is 0 e. The van der Waals surface area contributed by atoms with Crippen molar-refractivity contribution in [1.82, 2.24) is 0 Å². The van der Waals surface area contributed by atoms with Gasteiger partial charge in [0.25, 0.3) is 0 Å². The predicted molar refractivity (Wildman–Crippen MR) is 44.5 cm³/mol. The van der Waals surface area contributed by atoms with Gasteiger partial charge in [-0.15, -0.1) is 55.1 Å². The largest absolute Gasteiger partial charge is 0.262 e. The van der Waals surface area contributed by atoms with E-state index in [1.54, 1.807) is 12.1 Å². The Hall–Kier alpha value is -0.0217. The molecule has 1 aromatic carbocycles. The number of benzene rings is 1. The topological polar surface area (TPSA) is 23.8 Å². The van der Waals surface area contributed by atoms with E-state index in [0.717, 1.165) is 0 Å². The van der Waals surface area contributed by atoms with Gasteiger partial charge in [-0.2, -0.15) is 0 Å². The zero-order valence-corrected chi connectivity index (χ0v) is 9.29. The molecule has 0 saturated carbocycles. The van der Waals surface area contributed by atoms with Crippen LogP contribution in [0.5, 0.6) is 0 Å². The van der Waals surface area contributed by atoms with E-state index in [1.165, 1.54) is 0 Å². The Bertz CT molecular complexity index is 207. The molecule has 0 aliphatic rings. The minimum atomic E-state index is 0. The molecule has 0 atom stereocenters. The third kappa shape index (κ3) is 6.38. The van der Waals surface area contributed by atoms with Crippen LogP contribution in [0.1, 0.15) is 5.56 Å². The van der Waals surface area contributed by atoms with Crippen LogP contribution in [0.3, 0.4) is 0 Å². The number of nitrogens with zero attached hydrogens (tertiary/aromatic N) is 1. The summed E-state index contributed by atoms with van der Waals surface area (Å²) in [6.45, 7) is 0. The molecule has 0 aliphatic carbocycles. The van der Waals surface area contributed by atoms with E-state index in [9.17, 15) is 0 Å². The first kappa shape index (κ1) is 17.2. The van der Waals surface area contributed by atoms with Crippen molar-refractivity contribution < 1.29 is 21.1 Å². The zero-order valence-electron chi connectivity index (χ0n) is 5.39. The number of halogens is 2. The number of rotatable bonds is 0. The van der Waals surface area contributed by atoms with Crippen molar-refractivity contribution in [3.8, 4) is 6.07 Å². The van der Waals surface area contributed by atoms with Gasteiger partial charge >= 0.3 is 0 Å². The van der Waals surface area contributed by atoms with Crippen molar-refractivity contribution in [3.05, 3.63) is 35.9 Å². The maximum absolute atomic E-state index is 8.26. The molecule has 1 rings (SSSR count). The molecule has 4 heteroatoms. The van der Waals surface area contributed by atoms with Gasteiger partial charge in [-0.1, -0.05) is 5.56 Å². The first-order valence-electron chi connectivity index (χ1n) is 2.30. The van der Waals surface area contributed by atoms with Crippen LogP contribution >= 0.6 is 24.8 Å². The normalized spacial score (nSPS) is 5.73. The van der Waals surface area contributed by atoms with E-state index >= 15 is 0 Å². The Kier molecular flexibility index (Phi) is 15.6. The van der Waals surface area contributed by atoms with E-state index in [0.29, 0.717) is 5.56 Å². The predicted octanol–water partition coefficient (Wildman–Crippen LogP) is 2.20. The van der Waals surface area contributed by atoms with Gasteiger partial charge in [-0.05, 0) is 6.07 Å². The molecular formula is C7H6Cl2NPt-. The van der Waals surface area contributed by atoms with Crippen LogP contribution in [0.15, 0.2) is 24.3 Å². The number of hydrogen-bond donors (Lipinski definition) is 0. The maximum Gasteiger partial charge on any atom is 0 e. The SMILES string of the molecule is Cl.Cl.N#Cc1[c-]cccc1.[Pt]. The van der Waals surface area contributed by atoms with Gasteiger partial charge < -0.3 is 0 Å². The van der Waals surface area contributed by atoms with Gasteiger partial charge in [0.05, 0.1) is 0 Å². The van der Waals surface area contributed by atoms with Crippen LogP contribution in [0, 0.1) is 17.4 Å². The minimum absolute atomic E-state index is 0. The summed E-state index contributed by atoms with van der Waals surface area (Å²) in [5.41, 5.74) is 0.590. The standard InChI is InChI=1S/C7H4N.2ClH.Pt/c8-6-7-4-2-1-3-5-7;;;/h1-4H;2*1H;/q-1;;;. The van der Waals surface area contributed by atoms with E-state index in [2.05, 4.69) is 6.07 Å². The zero-order chi connectivity index (χ0) is 5.82. The molecule has 1 aromatic rings. The summed E-state index contributed by atoms with van der Waals surface area (Å²) >= 11 is 0. The van der Waals surface area contributed by atoms with Crippen molar-refractivity contribution in [2.75, 3.05) is 0 Å². The van der Waals surface area contributed by atoms with E-state index in [4.69, 9.17) is 5.26 Å². The van der Waals surface area contributed by atoms with Crippen molar-refractivity contribution in [2.45, 2.75) is 0 Å². The quantitative estimate of drug-likeness (QED) is 0.643. The molecule has 0 amide bonds. The molecule has 11 heavy (non-hydrogen) atoms. The average molecular weight is 370 g/mol. The van der Waals surface area contributed by atoms with Gasteiger partial charge in [0.2, 0.25) is 0 Å². The molecule has 0 heterocycles. The van der Waals surface area contributed by atoms with E-state index in [-0.39, 0.29) is 45.9 Å². The van der Waals surface area contributed by atoms with Crippen LogP contribution in [0.2, 0.25) is 0 Å². The van der Waals surface area contributed by atoms with Gasteiger partial charge in [0.1, 0.15) is 0 Å². The van der Waals surface area contributed by atoms with Crippen molar-refractivity contribution in [3.63, 3.8) is 0 Å². The third-order valence-electron chi connectivity index (χ3n) is 0.830. The summed E-state index contributed by atoms with van der Waals surface area (Å²) in [5, 5.41) is 8.26. The van der Waals surface area contributed by atoms with Crippen LogP contribution in [0.4, 0.5) is 0 Å². The summed E-state index contributed by atoms with van der Waals surface area (Å²) < 4.78 is 0. The second-order valence-electron chi connectivity index (χ2n) is 1.39. The Morgan fingerprint density at radius 1 is 1.27 bits per heavy atom. The molecule has 0 unspecified atom stereocenters. The molecule has 0 spiro atoms. The second kappa shape index (κ2) is 9.98. The minimum Gasteiger partial charge on any atom is -0.262 e. The molecule has 0 N–H and O–H groups in total. The van der Waals surface area contributed by atoms with Crippen molar-refractivity contribution in [1.29, 1.82) is 5.26 Å². The fourth-order valence-corrected chi connectivity index (χ4v) is 0.463. The molecule has 0 aromatic heterocycles. The first-order chi connectivity index (χ1) is 3.93. The maximum atomic E-state index is 8.26. The van der Waals surface area contributed by atoms with Crippen LogP contribution in [0.25, 0.3) is 0 Å². The fourth-order valence-electron chi connectivity index (χ4n) is 0.463. The van der Waals surface area contributed by atoms with Crippen molar-refractivity contribution >= 4 is 24.8 Å². The van der Waals surface area contributed by atoms with Gasteiger partial charge in [0, 0.05) is 21.1 Å². The Morgan fingerprint density at radius 3 is 2.18 bits per heavy atom. The summed E-state index contributed by atoms with van der Waals surface area (Å²) in [5.74, 6) is 0. The van der Waals surface area contributed by atoms with Gasteiger partial charge in [0.15, 0.2) is 0 Å². The first-order valence-corrected chi connectivity index (χ1v) is 2.30. The van der Waals surface area contributed by atoms with Crippen molar-refractivity contribution in [2.24, 2.45) is 0 Å². The number of hydrogen-bond acceptors (Lipinski definition) is 1. The molecule has 64 valence electrons. The average Bonchev–Trinajstić information content (AvgIpc) is 1.90. The second-order valence-corrected chi connectivity index (χ2v) is 1.39. The van der Waals surface area contributed by atoms with Crippen LogP contribution in [-0.2, 0) is 21.1 Å². The van der Waals surface area contributed by atoms with Crippen LogP contribution in [-0.4, -0.2) is 0 Å². The molecule has 0 aliphatic heterocycles. The fraction of sp³-hybridized carbons (Fsp3) is 0. The third-order valence-corrected chi connectivity index (χ3v) is 0.830. The summed E-state index contributed by atoms with van der Waals surface area (Å²) in [4.78, 5) is 0.